The van der Waals surface area contributed by atoms with Gasteiger partial charge in [-0.15, -0.1) is 0 Å². The molecule has 0 aromatic carbocycles. The van der Waals surface area contributed by atoms with Gasteiger partial charge < -0.3 is 4.55 Å². The Labute approximate surface area is 106 Å². The molecule has 16 heavy (non-hydrogen) atoms. The van der Waals surface area contributed by atoms with Crippen LogP contribution < -0.4 is 0 Å². The molecule has 0 saturated heterocycles. The first-order valence-corrected chi connectivity index (χ1v) is 8.43. The van der Waals surface area contributed by atoms with Crippen LogP contribution in [-0.2, 0) is 11.2 Å². The SMILES string of the molecule is CCCCC(C)C[S+]([O-])CC(C)CCCC. The smallest absolute Gasteiger partial charge is 0.108 e. The Morgan fingerprint density at radius 3 is 1.56 bits per heavy atom. The van der Waals surface area contributed by atoms with Crippen molar-refractivity contribution in [2.45, 2.75) is 66.2 Å². The van der Waals surface area contributed by atoms with E-state index in [-0.39, 0.29) is 0 Å². The third kappa shape index (κ3) is 9.53. The molecule has 0 aromatic rings. The Morgan fingerprint density at radius 2 is 1.25 bits per heavy atom. The van der Waals surface area contributed by atoms with Gasteiger partial charge in [-0.1, -0.05) is 64.6 Å². The molecule has 0 saturated carbocycles. The zero-order valence-electron chi connectivity index (χ0n) is 11.6. The van der Waals surface area contributed by atoms with Gasteiger partial charge in [0.2, 0.25) is 0 Å². The molecule has 0 N–H and O–H groups in total. The van der Waals surface area contributed by atoms with Crippen LogP contribution in [0.15, 0.2) is 0 Å². The van der Waals surface area contributed by atoms with Gasteiger partial charge in [0, 0.05) is 11.8 Å². The molecule has 0 fully saturated rings. The zero-order chi connectivity index (χ0) is 12.4. The molecule has 0 heterocycles. The zero-order valence-corrected chi connectivity index (χ0v) is 12.4. The van der Waals surface area contributed by atoms with Crippen LogP contribution in [0.25, 0.3) is 0 Å². The van der Waals surface area contributed by atoms with Crippen LogP contribution in [0.2, 0.25) is 0 Å². The number of hydrogen-bond donors (Lipinski definition) is 0. The lowest BCUT2D eigenvalue weighted by molar-refractivity contribution is 0.508. The molecule has 0 aliphatic rings. The highest BCUT2D eigenvalue weighted by atomic mass is 32.2. The Hall–Kier alpha value is 0.310. The quantitative estimate of drug-likeness (QED) is 0.524. The fraction of sp³-hybridized carbons (Fsp3) is 1.00. The summed E-state index contributed by atoms with van der Waals surface area (Å²) in [4.78, 5) is 0. The van der Waals surface area contributed by atoms with Gasteiger partial charge in [-0.3, -0.25) is 0 Å². The maximum absolute atomic E-state index is 11.9. The van der Waals surface area contributed by atoms with Crippen molar-refractivity contribution in [3.05, 3.63) is 0 Å². The number of unbranched alkanes of at least 4 members (excludes halogenated alkanes) is 2. The highest BCUT2D eigenvalue weighted by Crippen LogP contribution is 2.15. The van der Waals surface area contributed by atoms with Gasteiger partial charge in [0.05, 0.1) is 0 Å². The minimum atomic E-state index is -0.587. The van der Waals surface area contributed by atoms with Gasteiger partial charge in [0.25, 0.3) is 0 Å². The van der Waals surface area contributed by atoms with Gasteiger partial charge in [0.1, 0.15) is 11.5 Å². The number of rotatable bonds is 10. The highest BCUT2D eigenvalue weighted by molar-refractivity contribution is 7.91. The molecule has 0 rings (SSSR count). The molecule has 2 heteroatoms. The summed E-state index contributed by atoms with van der Waals surface area (Å²) >= 11 is -0.587. The highest BCUT2D eigenvalue weighted by Gasteiger charge is 2.15. The van der Waals surface area contributed by atoms with Crippen LogP contribution in [-0.4, -0.2) is 16.1 Å². The molecule has 2 atom stereocenters. The van der Waals surface area contributed by atoms with Gasteiger partial charge >= 0.3 is 0 Å². The van der Waals surface area contributed by atoms with Crippen molar-refractivity contribution in [1.29, 1.82) is 0 Å². The van der Waals surface area contributed by atoms with Crippen LogP contribution in [0.5, 0.6) is 0 Å². The molecule has 0 aliphatic carbocycles. The second-order valence-corrected chi connectivity index (χ2v) is 6.81. The van der Waals surface area contributed by atoms with Crippen molar-refractivity contribution >= 4 is 11.2 Å². The van der Waals surface area contributed by atoms with E-state index in [0.717, 1.165) is 11.5 Å². The first-order valence-electron chi connectivity index (χ1n) is 6.95. The monoisotopic (exact) mass is 246 g/mol. The van der Waals surface area contributed by atoms with E-state index in [1.807, 2.05) is 0 Å². The maximum atomic E-state index is 11.9. The molecule has 0 spiro atoms. The summed E-state index contributed by atoms with van der Waals surface area (Å²) in [6, 6.07) is 0. The van der Waals surface area contributed by atoms with Crippen molar-refractivity contribution in [3.63, 3.8) is 0 Å². The first-order chi connectivity index (χ1) is 7.60. The Bertz CT molecular complexity index is 134. The minimum absolute atomic E-state index is 0.587. The molecule has 0 radical (unpaired) electrons. The normalized spacial score (nSPS) is 17.1. The summed E-state index contributed by atoms with van der Waals surface area (Å²) in [6.07, 6.45) is 7.55. The average molecular weight is 246 g/mol. The van der Waals surface area contributed by atoms with Crippen LogP contribution in [0.1, 0.15) is 66.2 Å². The largest absolute Gasteiger partial charge is 0.616 e. The molecule has 0 bridgehead atoms. The predicted molar refractivity (Wildman–Crippen MR) is 75.3 cm³/mol. The van der Waals surface area contributed by atoms with Gasteiger partial charge in [-0.25, -0.2) is 0 Å². The lowest BCUT2D eigenvalue weighted by Gasteiger charge is -2.19. The summed E-state index contributed by atoms with van der Waals surface area (Å²) in [5.74, 6) is 3.10. The second kappa shape index (κ2) is 10.5. The fourth-order valence-corrected chi connectivity index (χ4v) is 3.71. The van der Waals surface area contributed by atoms with E-state index in [1.165, 1.54) is 38.5 Å². The Kier molecular flexibility index (Phi) is 10.7. The molecule has 98 valence electrons. The van der Waals surface area contributed by atoms with E-state index in [0.29, 0.717) is 11.8 Å². The summed E-state index contributed by atoms with van der Waals surface area (Å²) in [7, 11) is 0. The van der Waals surface area contributed by atoms with E-state index >= 15 is 0 Å². The van der Waals surface area contributed by atoms with Gasteiger partial charge in [-0.05, 0) is 12.8 Å². The molecule has 2 unspecified atom stereocenters. The third-order valence-electron chi connectivity index (χ3n) is 3.04. The van der Waals surface area contributed by atoms with Crippen LogP contribution in [0.4, 0.5) is 0 Å². The van der Waals surface area contributed by atoms with E-state index in [2.05, 4.69) is 27.7 Å². The summed E-state index contributed by atoms with van der Waals surface area (Å²) in [5.41, 5.74) is 0. The van der Waals surface area contributed by atoms with Crippen molar-refractivity contribution < 1.29 is 4.55 Å². The molecular formula is C14H30OS. The van der Waals surface area contributed by atoms with Crippen molar-refractivity contribution in [3.8, 4) is 0 Å². The van der Waals surface area contributed by atoms with E-state index in [1.54, 1.807) is 0 Å². The first kappa shape index (κ1) is 16.3. The van der Waals surface area contributed by atoms with Crippen molar-refractivity contribution in [2.75, 3.05) is 11.5 Å². The molecule has 0 amide bonds. The third-order valence-corrected chi connectivity index (χ3v) is 4.92. The summed E-state index contributed by atoms with van der Waals surface area (Å²) < 4.78 is 11.9. The fourth-order valence-electron chi connectivity index (χ4n) is 1.97. The number of hydrogen-bond acceptors (Lipinski definition) is 1. The van der Waals surface area contributed by atoms with Crippen LogP contribution in [0.3, 0.4) is 0 Å². The summed E-state index contributed by atoms with van der Waals surface area (Å²) in [6.45, 7) is 8.92. The molecule has 0 aromatic heterocycles. The Balaban J connectivity index is 3.58. The lowest BCUT2D eigenvalue weighted by atomic mass is 10.1. The molecule has 1 nitrogen and oxygen atoms in total. The average Bonchev–Trinajstić information content (AvgIpc) is 2.23. The predicted octanol–water partition coefficient (Wildman–Crippen LogP) is 4.39. The van der Waals surface area contributed by atoms with Gasteiger partial charge in [-0.2, -0.15) is 0 Å². The van der Waals surface area contributed by atoms with Crippen LogP contribution >= 0.6 is 0 Å². The van der Waals surface area contributed by atoms with Crippen molar-refractivity contribution in [2.24, 2.45) is 11.8 Å². The van der Waals surface area contributed by atoms with Gasteiger partial charge in [0.15, 0.2) is 0 Å². The van der Waals surface area contributed by atoms with Crippen LogP contribution in [0, 0.1) is 11.8 Å². The molecule has 0 aliphatic heterocycles. The standard InChI is InChI=1S/C14H30OS/c1-5-7-9-13(3)11-16(15)12-14(4)10-8-6-2/h13-14H,5-12H2,1-4H3. The van der Waals surface area contributed by atoms with E-state index in [4.69, 9.17) is 0 Å². The summed E-state index contributed by atoms with van der Waals surface area (Å²) in [5, 5.41) is 0. The maximum Gasteiger partial charge on any atom is 0.108 e. The minimum Gasteiger partial charge on any atom is -0.616 e. The second-order valence-electron chi connectivity index (χ2n) is 5.27. The van der Waals surface area contributed by atoms with Crippen molar-refractivity contribution in [1.82, 2.24) is 0 Å². The molecular weight excluding hydrogens is 216 g/mol. The topological polar surface area (TPSA) is 23.1 Å². The Morgan fingerprint density at radius 1 is 0.875 bits per heavy atom. The van der Waals surface area contributed by atoms with E-state index < -0.39 is 11.2 Å². The van der Waals surface area contributed by atoms with E-state index in [9.17, 15) is 4.55 Å². The lowest BCUT2D eigenvalue weighted by Crippen LogP contribution is -2.21.